The molecule has 0 unspecified atom stereocenters. The highest BCUT2D eigenvalue weighted by molar-refractivity contribution is 5.84. The van der Waals surface area contributed by atoms with Crippen LogP contribution >= 0.6 is 0 Å². The lowest BCUT2D eigenvalue weighted by molar-refractivity contribution is -0.123. The van der Waals surface area contributed by atoms with Crippen LogP contribution < -0.4 is 10.2 Å². The SMILES string of the molecule is CC(C)C=NNC(=O)COc1ccc2ccccc2c1. The molecule has 4 heteroatoms. The summed E-state index contributed by atoms with van der Waals surface area (Å²) < 4.78 is 5.45. The molecule has 0 heterocycles. The molecule has 0 saturated carbocycles. The minimum atomic E-state index is -0.268. The molecule has 0 radical (unpaired) electrons. The van der Waals surface area contributed by atoms with Crippen LogP contribution in [0.3, 0.4) is 0 Å². The first kappa shape index (κ1) is 14.1. The molecule has 0 bridgehead atoms. The molecule has 4 nitrogen and oxygen atoms in total. The lowest BCUT2D eigenvalue weighted by Gasteiger charge is -2.06. The Morgan fingerprint density at radius 2 is 2.00 bits per heavy atom. The summed E-state index contributed by atoms with van der Waals surface area (Å²) >= 11 is 0. The number of carbonyl (C=O) groups is 1. The van der Waals surface area contributed by atoms with Crippen molar-refractivity contribution < 1.29 is 9.53 Å². The summed E-state index contributed by atoms with van der Waals surface area (Å²) in [5, 5.41) is 6.06. The van der Waals surface area contributed by atoms with Crippen molar-refractivity contribution in [1.29, 1.82) is 0 Å². The highest BCUT2D eigenvalue weighted by Crippen LogP contribution is 2.20. The standard InChI is InChI=1S/C16H18N2O2/c1-12(2)10-17-18-16(19)11-20-15-8-7-13-5-3-4-6-14(13)9-15/h3-10,12H,11H2,1-2H3,(H,18,19). The zero-order chi connectivity index (χ0) is 14.4. The van der Waals surface area contributed by atoms with Crippen LogP contribution in [0.1, 0.15) is 13.8 Å². The summed E-state index contributed by atoms with van der Waals surface area (Å²) in [6.07, 6.45) is 1.67. The van der Waals surface area contributed by atoms with Gasteiger partial charge in [-0.05, 0) is 28.8 Å². The van der Waals surface area contributed by atoms with Crippen LogP contribution in [0.25, 0.3) is 10.8 Å². The predicted molar refractivity (Wildman–Crippen MR) is 80.9 cm³/mol. The largest absolute Gasteiger partial charge is 0.484 e. The maximum Gasteiger partial charge on any atom is 0.277 e. The number of carbonyl (C=O) groups excluding carboxylic acids is 1. The highest BCUT2D eigenvalue weighted by Gasteiger charge is 2.02. The molecular formula is C16H18N2O2. The Kier molecular flexibility index (Phi) is 4.71. The summed E-state index contributed by atoms with van der Waals surface area (Å²) in [5.74, 6) is 0.707. The van der Waals surface area contributed by atoms with Crippen molar-refractivity contribution in [1.82, 2.24) is 5.43 Å². The van der Waals surface area contributed by atoms with Crippen molar-refractivity contribution in [2.45, 2.75) is 13.8 Å². The number of ether oxygens (including phenoxy) is 1. The molecule has 2 aromatic rings. The number of hydrazone groups is 1. The minimum Gasteiger partial charge on any atom is -0.484 e. The summed E-state index contributed by atoms with van der Waals surface area (Å²) in [7, 11) is 0. The van der Waals surface area contributed by atoms with Gasteiger partial charge < -0.3 is 4.74 Å². The normalized spacial score (nSPS) is 11.2. The van der Waals surface area contributed by atoms with E-state index >= 15 is 0 Å². The van der Waals surface area contributed by atoms with E-state index in [1.54, 1.807) is 6.21 Å². The van der Waals surface area contributed by atoms with Gasteiger partial charge in [0.05, 0.1) is 0 Å². The Labute approximate surface area is 118 Å². The average molecular weight is 270 g/mol. The highest BCUT2D eigenvalue weighted by atomic mass is 16.5. The Morgan fingerprint density at radius 1 is 1.25 bits per heavy atom. The molecule has 0 atom stereocenters. The van der Waals surface area contributed by atoms with Gasteiger partial charge in [-0.2, -0.15) is 5.10 Å². The minimum absolute atomic E-state index is 0.0478. The first-order valence-corrected chi connectivity index (χ1v) is 6.59. The molecule has 0 aliphatic carbocycles. The third kappa shape index (κ3) is 4.09. The Hall–Kier alpha value is -2.36. The van der Waals surface area contributed by atoms with Gasteiger partial charge in [-0.1, -0.05) is 44.2 Å². The maximum absolute atomic E-state index is 11.5. The fraction of sp³-hybridized carbons (Fsp3) is 0.250. The maximum atomic E-state index is 11.5. The number of nitrogens with zero attached hydrogens (tertiary/aromatic N) is 1. The quantitative estimate of drug-likeness (QED) is 0.670. The lowest BCUT2D eigenvalue weighted by atomic mass is 10.1. The molecule has 1 N–H and O–H groups in total. The molecule has 0 spiro atoms. The Balaban J connectivity index is 1.90. The van der Waals surface area contributed by atoms with Gasteiger partial charge in [0.1, 0.15) is 5.75 Å². The van der Waals surface area contributed by atoms with Crippen LogP contribution in [-0.4, -0.2) is 18.7 Å². The van der Waals surface area contributed by atoms with E-state index < -0.39 is 0 Å². The second-order valence-corrected chi connectivity index (χ2v) is 4.85. The zero-order valence-electron chi connectivity index (χ0n) is 11.7. The van der Waals surface area contributed by atoms with Gasteiger partial charge in [0.2, 0.25) is 0 Å². The molecule has 0 saturated heterocycles. The van der Waals surface area contributed by atoms with Gasteiger partial charge in [0.25, 0.3) is 5.91 Å². The topological polar surface area (TPSA) is 50.7 Å². The summed E-state index contributed by atoms with van der Waals surface area (Å²) in [6, 6.07) is 13.7. The Bertz CT molecular complexity index is 621. The van der Waals surface area contributed by atoms with E-state index in [0.29, 0.717) is 11.7 Å². The molecule has 0 fully saturated rings. The fourth-order valence-electron chi connectivity index (χ4n) is 1.70. The van der Waals surface area contributed by atoms with Crippen LogP contribution in [0.4, 0.5) is 0 Å². The van der Waals surface area contributed by atoms with Gasteiger partial charge in [-0.25, -0.2) is 5.43 Å². The lowest BCUT2D eigenvalue weighted by Crippen LogP contribution is -2.24. The van der Waals surface area contributed by atoms with E-state index in [-0.39, 0.29) is 12.5 Å². The molecule has 104 valence electrons. The zero-order valence-corrected chi connectivity index (χ0v) is 11.7. The number of hydrogen-bond donors (Lipinski definition) is 1. The summed E-state index contributed by atoms with van der Waals surface area (Å²) in [4.78, 5) is 11.5. The van der Waals surface area contributed by atoms with E-state index in [1.807, 2.05) is 56.3 Å². The van der Waals surface area contributed by atoms with Crippen LogP contribution in [0.2, 0.25) is 0 Å². The molecule has 20 heavy (non-hydrogen) atoms. The van der Waals surface area contributed by atoms with E-state index in [0.717, 1.165) is 10.8 Å². The van der Waals surface area contributed by atoms with E-state index in [2.05, 4.69) is 10.5 Å². The van der Waals surface area contributed by atoms with Gasteiger partial charge in [-0.15, -0.1) is 0 Å². The van der Waals surface area contributed by atoms with E-state index in [9.17, 15) is 4.79 Å². The van der Waals surface area contributed by atoms with E-state index in [1.165, 1.54) is 0 Å². The molecule has 2 aromatic carbocycles. The first-order chi connectivity index (χ1) is 9.65. The van der Waals surface area contributed by atoms with Crippen molar-refractivity contribution in [3.8, 4) is 5.75 Å². The number of amides is 1. The first-order valence-electron chi connectivity index (χ1n) is 6.59. The molecule has 0 aliphatic rings. The van der Waals surface area contributed by atoms with Crippen LogP contribution in [0.15, 0.2) is 47.6 Å². The molecule has 0 aliphatic heterocycles. The number of fused-ring (bicyclic) bond motifs is 1. The smallest absolute Gasteiger partial charge is 0.277 e. The van der Waals surface area contributed by atoms with Crippen molar-refractivity contribution >= 4 is 22.9 Å². The second-order valence-electron chi connectivity index (χ2n) is 4.85. The van der Waals surface area contributed by atoms with Crippen molar-refractivity contribution in [3.63, 3.8) is 0 Å². The van der Waals surface area contributed by atoms with Crippen LogP contribution in [0, 0.1) is 5.92 Å². The number of nitrogens with one attached hydrogen (secondary N) is 1. The fourth-order valence-corrected chi connectivity index (χ4v) is 1.70. The van der Waals surface area contributed by atoms with Gasteiger partial charge in [-0.3, -0.25) is 4.79 Å². The predicted octanol–water partition coefficient (Wildman–Crippen LogP) is 2.98. The number of hydrogen-bond acceptors (Lipinski definition) is 3. The van der Waals surface area contributed by atoms with Crippen molar-refractivity contribution in [2.24, 2.45) is 11.0 Å². The number of benzene rings is 2. The van der Waals surface area contributed by atoms with E-state index in [4.69, 9.17) is 4.74 Å². The van der Waals surface area contributed by atoms with Gasteiger partial charge >= 0.3 is 0 Å². The molecule has 2 rings (SSSR count). The molecular weight excluding hydrogens is 252 g/mol. The molecule has 1 amide bonds. The number of rotatable bonds is 5. The second kappa shape index (κ2) is 6.70. The Morgan fingerprint density at radius 3 is 2.75 bits per heavy atom. The van der Waals surface area contributed by atoms with Crippen molar-refractivity contribution in [2.75, 3.05) is 6.61 Å². The van der Waals surface area contributed by atoms with Crippen molar-refractivity contribution in [3.05, 3.63) is 42.5 Å². The average Bonchev–Trinajstić information content (AvgIpc) is 2.44. The molecule has 0 aromatic heterocycles. The van der Waals surface area contributed by atoms with Crippen LogP contribution in [0.5, 0.6) is 5.75 Å². The summed E-state index contributed by atoms with van der Waals surface area (Å²) in [6.45, 7) is 3.93. The third-order valence-corrected chi connectivity index (χ3v) is 2.65. The van der Waals surface area contributed by atoms with Gasteiger partial charge in [0.15, 0.2) is 6.61 Å². The third-order valence-electron chi connectivity index (χ3n) is 2.65. The summed E-state index contributed by atoms with van der Waals surface area (Å²) in [5.41, 5.74) is 2.43. The monoisotopic (exact) mass is 270 g/mol. The van der Waals surface area contributed by atoms with Crippen LogP contribution in [-0.2, 0) is 4.79 Å². The van der Waals surface area contributed by atoms with Gasteiger partial charge in [0, 0.05) is 6.21 Å².